The zero-order valence-corrected chi connectivity index (χ0v) is 15.4. The molecule has 0 bridgehead atoms. The molecule has 0 aromatic rings. The monoisotopic (exact) mass is 327 g/mol. The van der Waals surface area contributed by atoms with Crippen molar-refractivity contribution in [2.45, 2.75) is 71.3 Å². The van der Waals surface area contributed by atoms with Gasteiger partial charge in [-0.25, -0.2) is 0 Å². The number of nitrogens with zero attached hydrogens (tertiary/aromatic N) is 1. The molecule has 0 amide bonds. The van der Waals surface area contributed by atoms with E-state index >= 15 is 0 Å². The van der Waals surface area contributed by atoms with Gasteiger partial charge in [0.15, 0.2) is 5.96 Å². The summed E-state index contributed by atoms with van der Waals surface area (Å²) in [5, 5.41) is 17.3. The van der Waals surface area contributed by atoms with E-state index in [1.54, 1.807) is 0 Å². The fourth-order valence-electron chi connectivity index (χ4n) is 2.97. The number of hydrogen-bond donors (Lipinski definition) is 3. The topological polar surface area (TPSA) is 65.9 Å². The number of ether oxygens (including phenoxy) is 1. The summed E-state index contributed by atoms with van der Waals surface area (Å²) in [6.45, 7) is 10.1. The van der Waals surface area contributed by atoms with Crippen molar-refractivity contribution < 1.29 is 9.84 Å². The van der Waals surface area contributed by atoms with E-state index in [1.807, 2.05) is 0 Å². The summed E-state index contributed by atoms with van der Waals surface area (Å²) >= 11 is 0. The molecule has 1 rings (SSSR count). The highest BCUT2D eigenvalue weighted by atomic mass is 16.5. The standard InChI is InChI=1S/C18H37N3O2/c1-4-7-9-16(8-5-2)14-20-17(19-6-3)21-15-18(22)10-12-23-13-11-18/h16,22H,4-15H2,1-3H3,(H2,19,20,21). The average molecular weight is 328 g/mol. The first-order chi connectivity index (χ1) is 11.1. The van der Waals surface area contributed by atoms with Crippen LogP contribution >= 0.6 is 0 Å². The summed E-state index contributed by atoms with van der Waals surface area (Å²) in [4.78, 5) is 4.61. The molecule has 5 nitrogen and oxygen atoms in total. The molecule has 1 unspecified atom stereocenters. The van der Waals surface area contributed by atoms with Gasteiger partial charge in [0.05, 0.1) is 12.1 Å². The van der Waals surface area contributed by atoms with Gasteiger partial charge in [-0.05, 0) is 25.7 Å². The van der Waals surface area contributed by atoms with Crippen molar-refractivity contribution in [1.82, 2.24) is 10.6 Å². The van der Waals surface area contributed by atoms with Crippen LogP contribution in [0.2, 0.25) is 0 Å². The van der Waals surface area contributed by atoms with Crippen molar-refractivity contribution >= 4 is 5.96 Å². The zero-order valence-electron chi connectivity index (χ0n) is 15.4. The van der Waals surface area contributed by atoms with Crippen molar-refractivity contribution in [2.75, 3.05) is 32.8 Å². The van der Waals surface area contributed by atoms with Crippen LogP contribution in [0.1, 0.15) is 65.7 Å². The Labute approximate surface area is 142 Å². The van der Waals surface area contributed by atoms with Crippen molar-refractivity contribution in [1.29, 1.82) is 0 Å². The molecule has 1 fully saturated rings. The Morgan fingerprint density at radius 2 is 1.87 bits per heavy atom. The molecule has 23 heavy (non-hydrogen) atoms. The van der Waals surface area contributed by atoms with Crippen LogP contribution in [0.15, 0.2) is 4.99 Å². The Kier molecular flexibility index (Phi) is 10.3. The van der Waals surface area contributed by atoms with Crippen LogP contribution in [0.3, 0.4) is 0 Å². The Balaban J connectivity index is 2.49. The van der Waals surface area contributed by atoms with Crippen LogP contribution in [0.25, 0.3) is 0 Å². The number of hydrogen-bond acceptors (Lipinski definition) is 3. The van der Waals surface area contributed by atoms with E-state index in [-0.39, 0.29) is 0 Å². The maximum atomic E-state index is 10.5. The fourth-order valence-corrected chi connectivity index (χ4v) is 2.97. The molecule has 0 spiro atoms. The summed E-state index contributed by atoms with van der Waals surface area (Å²) < 4.78 is 5.32. The Morgan fingerprint density at radius 3 is 2.48 bits per heavy atom. The van der Waals surface area contributed by atoms with Gasteiger partial charge in [-0.2, -0.15) is 0 Å². The maximum absolute atomic E-state index is 10.5. The third-order valence-electron chi connectivity index (χ3n) is 4.52. The molecule has 0 aliphatic carbocycles. The molecular weight excluding hydrogens is 290 g/mol. The van der Waals surface area contributed by atoms with Crippen LogP contribution in [0.5, 0.6) is 0 Å². The van der Waals surface area contributed by atoms with Gasteiger partial charge in [0.25, 0.3) is 0 Å². The molecule has 1 aliphatic heterocycles. The molecular formula is C18H37N3O2. The minimum Gasteiger partial charge on any atom is -0.388 e. The summed E-state index contributed by atoms with van der Waals surface area (Å²) in [5.74, 6) is 1.53. The van der Waals surface area contributed by atoms with E-state index in [2.05, 4.69) is 36.4 Å². The number of unbranched alkanes of at least 4 members (excludes halogenated alkanes) is 1. The van der Waals surface area contributed by atoms with Gasteiger partial charge in [0.2, 0.25) is 0 Å². The molecule has 136 valence electrons. The van der Waals surface area contributed by atoms with Crippen molar-refractivity contribution in [3.63, 3.8) is 0 Å². The number of aliphatic imine (C=N–C) groups is 1. The zero-order chi connectivity index (χ0) is 17.0. The lowest BCUT2D eigenvalue weighted by Gasteiger charge is -2.30. The van der Waals surface area contributed by atoms with Crippen molar-refractivity contribution in [3.8, 4) is 0 Å². The molecule has 0 saturated carbocycles. The second-order valence-corrected chi connectivity index (χ2v) is 6.71. The quantitative estimate of drug-likeness (QED) is 0.426. The van der Waals surface area contributed by atoms with Crippen LogP contribution in [-0.4, -0.2) is 49.5 Å². The van der Waals surface area contributed by atoms with Crippen molar-refractivity contribution in [2.24, 2.45) is 10.9 Å². The van der Waals surface area contributed by atoms with E-state index in [9.17, 15) is 5.11 Å². The molecule has 1 heterocycles. The highest BCUT2D eigenvalue weighted by molar-refractivity contribution is 5.79. The predicted molar refractivity (Wildman–Crippen MR) is 96.9 cm³/mol. The second-order valence-electron chi connectivity index (χ2n) is 6.71. The minimum absolute atomic E-state index is 0.444. The van der Waals surface area contributed by atoms with Gasteiger partial charge in [-0.1, -0.05) is 33.1 Å². The van der Waals surface area contributed by atoms with E-state index in [0.29, 0.717) is 38.5 Å². The normalized spacial score (nSPS) is 19.4. The van der Waals surface area contributed by atoms with E-state index < -0.39 is 5.60 Å². The number of aliphatic hydroxyl groups is 1. The third kappa shape index (κ3) is 8.56. The van der Waals surface area contributed by atoms with Gasteiger partial charge in [0.1, 0.15) is 0 Å². The van der Waals surface area contributed by atoms with Gasteiger partial charge in [-0.15, -0.1) is 0 Å². The number of rotatable bonds is 10. The first kappa shape index (κ1) is 20.2. The lowest BCUT2D eigenvalue weighted by molar-refractivity contribution is -0.0565. The van der Waals surface area contributed by atoms with Crippen LogP contribution in [0.4, 0.5) is 0 Å². The summed E-state index contributed by atoms with van der Waals surface area (Å²) in [6.07, 6.45) is 7.65. The molecule has 0 aromatic heterocycles. The molecule has 1 saturated heterocycles. The highest BCUT2D eigenvalue weighted by Gasteiger charge is 2.29. The van der Waals surface area contributed by atoms with Gasteiger partial charge in [0, 0.05) is 39.1 Å². The molecule has 5 heteroatoms. The van der Waals surface area contributed by atoms with Crippen LogP contribution in [-0.2, 0) is 4.74 Å². The van der Waals surface area contributed by atoms with E-state index in [4.69, 9.17) is 4.74 Å². The van der Waals surface area contributed by atoms with E-state index in [1.165, 1.54) is 32.1 Å². The molecule has 0 radical (unpaired) electrons. The lowest BCUT2D eigenvalue weighted by atomic mass is 9.95. The summed E-state index contributed by atoms with van der Waals surface area (Å²) in [6, 6.07) is 0. The van der Waals surface area contributed by atoms with Gasteiger partial charge in [-0.3, -0.25) is 4.99 Å². The van der Waals surface area contributed by atoms with Crippen molar-refractivity contribution in [3.05, 3.63) is 0 Å². The first-order valence-corrected chi connectivity index (χ1v) is 9.45. The van der Waals surface area contributed by atoms with E-state index in [0.717, 1.165) is 19.0 Å². The molecule has 1 atom stereocenters. The third-order valence-corrected chi connectivity index (χ3v) is 4.52. The minimum atomic E-state index is -0.703. The SMILES string of the molecule is CCCCC(CCC)CNC(=NCC1(O)CCOCC1)NCC. The fraction of sp³-hybridized carbons (Fsp3) is 0.944. The highest BCUT2D eigenvalue weighted by Crippen LogP contribution is 2.20. The average Bonchev–Trinajstić information content (AvgIpc) is 2.55. The van der Waals surface area contributed by atoms with Crippen LogP contribution < -0.4 is 10.6 Å². The van der Waals surface area contributed by atoms with Gasteiger partial charge >= 0.3 is 0 Å². The van der Waals surface area contributed by atoms with Crippen LogP contribution in [0, 0.1) is 5.92 Å². The summed E-state index contributed by atoms with van der Waals surface area (Å²) in [5.41, 5.74) is -0.703. The summed E-state index contributed by atoms with van der Waals surface area (Å²) in [7, 11) is 0. The molecule has 0 aromatic carbocycles. The Bertz CT molecular complexity index is 328. The number of nitrogens with one attached hydrogen (secondary N) is 2. The maximum Gasteiger partial charge on any atom is 0.191 e. The first-order valence-electron chi connectivity index (χ1n) is 9.45. The van der Waals surface area contributed by atoms with Gasteiger partial charge < -0.3 is 20.5 Å². The Morgan fingerprint density at radius 1 is 1.13 bits per heavy atom. The molecule has 1 aliphatic rings. The predicted octanol–water partition coefficient (Wildman–Crippen LogP) is 2.69. The lowest BCUT2D eigenvalue weighted by Crippen LogP contribution is -2.43. The smallest absolute Gasteiger partial charge is 0.191 e. The largest absolute Gasteiger partial charge is 0.388 e. The second kappa shape index (κ2) is 11.7. The molecule has 3 N–H and O–H groups in total. The number of guanidine groups is 1. The Hall–Kier alpha value is -0.810.